The Bertz CT molecular complexity index is 989. The zero-order valence-electron chi connectivity index (χ0n) is 16.4. The van der Waals surface area contributed by atoms with Crippen molar-refractivity contribution >= 4 is 15.9 Å². The molecular weight excluding hydrogens is 398 g/mol. The molecule has 0 bridgehead atoms. The fraction of sp³-hybridized carbons (Fsp3) is 0.286. The van der Waals surface area contributed by atoms with Gasteiger partial charge in [-0.1, -0.05) is 38.1 Å². The van der Waals surface area contributed by atoms with E-state index in [4.69, 9.17) is 0 Å². The van der Waals surface area contributed by atoms with Crippen LogP contribution in [0, 0.1) is 11.6 Å². The van der Waals surface area contributed by atoms with E-state index < -0.39 is 33.1 Å². The lowest BCUT2D eigenvalue weighted by Gasteiger charge is -2.23. The molecule has 0 atom stereocenters. The van der Waals surface area contributed by atoms with Gasteiger partial charge in [0.15, 0.2) is 0 Å². The van der Waals surface area contributed by atoms with E-state index in [9.17, 15) is 22.0 Å². The van der Waals surface area contributed by atoms with Gasteiger partial charge in [-0.3, -0.25) is 4.79 Å². The first-order valence-corrected chi connectivity index (χ1v) is 10.6. The molecule has 0 unspecified atom stereocenters. The highest BCUT2D eigenvalue weighted by atomic mass is 32.2. The van der Waals surface area contributed by atoms with Crippen molar-refractivity contribution in [2.45, 2.75) is 25.3 Å². The molecule has 1 amide bonds. The third kappa shape index (κ3) is 5.07. The van der Waals surface area contributed by atoms with Crippen molar-refractivity contribution < 1.29 is 22.0 Å². The molecule has 0 aliphatic heterocycles. The highest BCUT2D eigenvalue weighted by Crippen LogP contribution is 2.21. The SMILES string of the molecule is C=CCN(Cc1ccccc1F)C(=O)c1cc(S(=O)(=O)N(CC)CC)ccc1F. The number of rotatable bonds is 9. The third-order valence-corrected chi connectivity index (χ3v) is 6.51. The molecule has 0 aliphatic rings. The highest BCUT2D eigenvalue weighted by molar-refractivity contribution is 7.89. The Hall–Kier alpha value is -2.58. The van der Waals surface area contributed by atoms with Crippen LogP contribution in [0.2, 0.25) is 0 Å². The first-order chi connectivity index (χ1) is 13.8. The van der Waals surface area contributed by atoms with Crippen LogP contribution in [-0.4, -0.2) is 43.2 Å². The van der Waals surface area contributed by atoms with E-state index in [2.05, 4.69) is 6.58 Å². The lowest BCUT2D eigenvalue weighted by Crippen LogP contribution is -2.33. The lowest BCUT2D eigenvalue weighted by molar-refractivity contribution is 0.0756. The smallest absolute Gasteiger partial charge is 0.257 e. The van der Waals surface area contributed by atoms with E-state index in [1.165, 1.54) is 33.5 Å². The van der Waals surface area contributed by atoms with Crippen LogP contribution in [0.5, 0.6) is 0 Å². The molecule has 2 aromatic rings. The summed E-state index contributed by atoms with van der Waals surface area (Å²) in [5.41, 5.74) is -0.133. The number of benzene rings is 2. The molecule has 0 fully saturated rings. The molecule has 0 N–H and O–H groups in total. The quantitative estimate of drug-likeness (QED) is 0.577. The van der Waals surface area contributed by atoms with Crippen LogP contribution >= 0.6 is 0 Å². The molecule has 29 heavy (non-hydrogen) atoms. The number of sulfonamides is 1. The summed E-state index contributed by atoms with van der Waals surface area (Å²) in [7, 11) is -3.86. The summed E-state index contributed by atoms with van der Waals surface area (Å²) in [5, 5.41) is 0. The van der Waals surface area contributed by atoms with Gasteiger partial charge in [-0.25, -0.2) is 17.2 Å². The zero-order chi connectivity index (χ0) is 21.6. The molecule has 0 aromatic heterocycles. The van der Waals surface area contributed by atoms with E-state index >= 15 is 0 Å². The molecule has 2 rings (SSSR count). The second-order valence-electron chi connectivity index (χ2n) is 6.30. The molecule has 5 nitrogen and oxygen atoms in total. The van der Waals surface area contributed by atoms with Gasteiger partial charge in [0.05, 0.1) is 10.5 Å². The Labute approximate surface area is 170 Å². The maximum Gasteiger partial charge on any atom is 0.257 e. The summed E-state index contributed by atoms with van der Waals surface area (Å²) in [6, 6.07) is 9.07. The summed E-state index contributed by atoms with van der Waals surface area (Å²) < 4.78 is 55.1. The van der Waals surface area contributed by atoms with E-state index in [1.807, 2.05) is 0 Å². The van der Waals surface area contributed by atoms with Crippen LogP contribution in [0.25, 0.3) is 0 Å². The Morgan fingerprint density at radius 3 is 2.31 bits per heavy atom. The van der Waals surface area contributed by atoms with Crippen LogP contribution in [0.4, 0.5) is 8.78 Å². The topological polar surface area (TPSA) is 57.7 Å². The van der Waals surface area contributed by atoms with Crippen molar-refractivity contribution in [3.05, 3.63) is 77.9 Å². The van der Waals surface area contributed by atoms with Crippen LogP contribution < -0.4 is 0 Å². The minimum Gasteiger partial charge on any atom is -0.330 e. The summed E-state index contributed by atoms with van der Waals surface area (Å²) in [4.78, 5) is 14.0. The number of amides is 1. The van der Waals surface area contributed by atoms with Gasteiger partial charge in [-0.2, -0.15) is 4.31 Å². The van der Waals surface area contributed by atoms with Crippen molar-refractivity contribution in [3.63, 3.8) is 0 Å². The largest absolute Gasteiger partial charge is 0.330 e. The van der Waals surface area contributed by atoms with Crippen molar-refractivity contribution in [3.8, 4) is 0 Å². The molecule has 0 aliphatic carbocycles. The first kappa shape index (κ1) is 22.7. The molecule has 0 radical (unpaired) electrons. The summed E-state index contributed by atoms with van der Waals surface area (Å²) in [6.07, 6.45) is 1.44. The number of hydrogen-bond donors (Lipinski definition) is 0. The summed E-state index contributed by atoms with van der Waals surface area (Å²) >= 11 is 0. The molecule has 2 aromatic carbocycles. The molecule has 0 spiro atoms. The third-order valence-electron chi connectivity index (χ3n) is 4.47. The lowest BCUT2D eigenvalue weighted by atomic mass is 10.1. The minimum absolute atomic E-state index is 0.0413. The molecular formula is C21H24F2N2O3S. The van der Waals surface area contributed by atoms with Crippen LogP contribution in [0.3, 0.4) is 0 Å². The van der Waals surface area contributed by atoms with Gasteiger partial charge < -0.3 is 4.90 Å². The van der Waals surface area contributed by atoms with Crippen LogP contribution in [-0.2, 0) is 16.6 Å². The van der Waals surface area contributed by atoms with E-state index in [1.54, 1.807) is 19.9 Å². The van der Waals surface area contributed by atoms with E-state index in [-0.39, 0.29) is 36.6 Å². The highest BCUT2D eigenvalue weighted by Gasteiger charge is 2.26. The Morgan fingerprint density at radius 1 is 1.07 bits per heavy atom. The van der Waals surface area contributed by atoms with Crippen LogP contribution in [0.15, 0.2) is 60.0 Å². The number of nitrogens with zero attached hydrogens (tertiary/aromatic N) is 2. The molecule has 0 saturated heterocycles. The number of halogens is 2. The number of carbonyl (C=O) groups excluding carboxylic acids is 1. The maximum atomic E-state index is 14.4. The van der Waals surface area contributed by atoms with Gasteiger partial charge in [-0.05, 0) is 24.3 Å². The summed E-state index contributed by atoms with van der Waals surface area (Å²) in [6.45, 7) is 7.39. The van der Waals surface area contributed by atoms with Gasteiger partial charge in [0.2, 0.25) is 10.0 Å². The fourth-order valence-corrected chi connectivity index (χ4v) is 4.40. The van der Waals surface area contributed by atoms with Gasteiger partial charge in [-0.15, -0.1) is 6.58 Å². The number of hydrogen-bond acceptors (Lipinski definition) is 3. The predicted molar refractivity (Wildman–Crippen MR) is 108 cm³/mol. The maximum absolute atomic E-state index is 14.4. The Kier molecular flexibility index (Phi) is 7.64. The van der Waals surface area contributed by atoms with Crippen LogP contribution in [0.1, 0.15) is 29.8 Å². The molecule has 0 saturated carbocycles. The molecule has 8 heteroatoms. The second kappa shape index (κ2) is 9.76. The fourth-order valence-electron chi connectivity index (χ4n) is 2.92. The Balaban J connectivity index is 2.44. The van der Waals surface area contributed by atoms with Crippen molar-refractivity contribution in [2.24, 2.45) is 0 Å². The number of carbonyl (C=O) groups is 1. The first-order valence-electron chi connectivity index (χ1n) is 9.19. The van der Waals surface area contributed by atoms with Crippen molar-refractivity contribution in [1.29, 1.82) is 0 Å². The molecule has 0 heterocycles. The van der Waals surface area contributed by atoms with Gasteiger partial charge in [0.1, 0.15) is 11.6 Å². The standard InChI is InChI=1S/C21H24F2N2O3S/c1-4-13-24(15-16-9-7-8-10-19(16)22)21(26)18-14-17(11-12-20(18)23)29(27,28)25(5-2)6-3/h4,7-12,14H,1,5-6,13,15H2,2-3H3. The Morgan fingerprint density at radius 2 is 1.72 bits per heavy atom. The monoisotopic (exact) mass is 422 g/mol. The van der Waals surface area contributed by atoms with Crippen molar-refractivity contribution in [1.82, 2.24) is 9.21 Å². The normalized spacial score (nSPS) is 11.5. The average molecular weight is 422 g/mol. The zero-order valence-corrected chi connectivity index (χ0v) is 17.3. The minimum atomic E-state index is -3.86. The second-order valence-corrected chi connectivity index (χ2v) is 8.23. The van der Waals surface area contributed by atoms with Gasteiger partial charge in [0.25, 0.3) is 5.91 Å². The van der Waals surface area contributed by atoms with E-state index in [0.717, 1.165) is 18.2 Å². The predicted octanol–water partition coefficient (Wildman–Crippen LogP) is 3.82. The summed E-state index contributed by atoms with van der Waals surface area (Å²) in [5.74, 6) is -2.09. The van der Waals surface area contributed by atoms with E-state index in [0.29, 0.717) is 0 Å². The van der Waals surface area contributed by atoms with Crippen molar-refractivity contribution in [2.75, 3.05) is 19.6 Å². The molecule has 156 valence electrons. The van der Waals surface area contributed by atoms with Gasteiger partial charge >= 0.3 is 0 Å². The average Bonchev–Trinajstić information content (AvgIpc) is 2.69. The van der Waals surface area contributed by atoms with Gasteiger partial charge in [0, 0.05) is 31.7 Å².